The Morgan fingerprint density at radius 1 is 1.41 bits per heavy atom. The summed E-state index contributed by atoms with van der Waals surface area (Å²) < 4.78 is 27.3. The number of amides is 1. The minimum atomic E-state index is -1.54. The first kappa shape index (κ1) is 13.6. The van der Waals surface area contributed by atoms with E-state index in [0.717, 1.165) is 18.6 Å². The maximum atomic E-state index is 13.6. The Morgan fingerprint density at radius 3 is 2.35 bits per heavy atom. The normalized spacial score (nSPS) is 14.4. The van der Waals surface area contributed by atoms with Gasteiger partial charge in [0, 0.05) is 0 Å². The van der Waals surface area contributed by atoms with Crippen LogP contribution in [0.25, 0.3) is 0 Å². The summed E-state index contributed by atoms with van der Waals surface area (Å²) >= 11 is 0. The van der Waals surface area contributed by atoms with E-state index in [2.05, 4.69) is 5.32 Å². The van der Waals surface area contributed by atoms with Gasteiger partial charge in [-0.15, -0.1) is 0 Å². The molecule has 3 nitrogen and oxygen atoms in total. The van der Waals surface area contributed by atoms with E-state index in [1.165, 1.54) is 13.0 Å². The zero-order valence-electron chi connectivity index (χ0n) is 9.89. The van der Waals surface area contributed by atoms with Gasteiger partial charge in [0.1, 0.15) is 17.2 Å². The van der Waals surface area contributed by atoms with E-state index in [0.29, 0.717) is 6.54 Å². The Bertz CT molecular complexity index is 403. The van der Waals surface area contributed by atoms with Crippen LogP contribution in [0.3, 0.4) is 0 Å². The lowest BCUT2D eigenvalue weighted by molar-refractivity contribution is -0.124. The third-order valence-corrected chi connectivity index (χ3v) is 2.68. The largest absolute Gasteiger partial charge is 0.368 e. The molecule has 0 bridgehead atoms. The Labute approximate surface area is 99.0 Å². The molecular weight excluding hydrogens is 226 g/mol. The summed E-state index contributed by atoms with van der Waals surface area (Å²) in [6.07, 6.45) is 0.721. The van der Waals surface area contributed by atoms with Crippen LogP contribution in [-0.2, 0) is 10.3 Å². The summed E-state index contributed by atoms with van der Waals surface area (Å²) in [7, 11) is 0. The minimum Gasteiger partial charge on any atom is -0.368 e. The van der Waals surface area contributed by atoms with Crippen molar-refractivity contribution in [2.45, 2.75) is 25.8 Å². The highest BCUT2D eigenvalue weighted by atomic mass is 19.1. The van der Waals surface area contributed by atoms with Crippen molar-refractivity contribution in [3.8, 4) is 0 Å². The molecular formula is C12H16F2N2O. The van der Waals surface area contributed by atoms with Crippen LogP contribution in [0.2, 0.25) is 0 Å². The highest BCUT2D eigenvalue weighted by Crippen LogP contribution is 2.26. The molecule has 0 heterocycles. The molecule has 0 aliphatic rings. The van der Waals surface area contributed by atoms with Crippen LogP contribution >= 0.6 is 0 Å². The molecule has 0 spiro atoms. The predicted molar refractivity (Wildman–Crippen MR) is 61.2 cm³/mol. The smallest absolute Gasteiger partial charge is 0.242 e. The molecule has 94 valence electrons. The third kappa shape index (κ3) is 2.61. The van der Waals surface area contributed by atoms with Gasteiger partial charge < -0.3 is 5.73 Å². The van der Waals surface area contributed by atoms with Gasteiger partial charge >= 0.3 is 0 Å². The van der Waals surface area contributed by atoms with Crippen LogP contribution in [0.15, 0.2) is 18.2 Å². The van der Waals surface area contributed by atoms with Crippen LogP contribution in [0, 0.1) is 11.6 Å². The topological polar surface area (TPSA) is 55.1 Å². The van der Waals surface area contributed by atoms with E-state index in [-0.39, 0.29) is 5.56 Å². The lowest BCUT2D eigenvalue weighted by Gasteiger charge is -2.28. The molecule has 17 heavy (non-hydrogen) atoms. The van der Waals surface area contributed by atoms with Crippen LogP contribution in [0.1, 0.15) is 25.8 Å². The van der Waals surface area contributed by atoms with Gasteiger partial charge in [0.25, 0.3) is 0 Å². The first-order valence-corrected chi connectivity index (χ1v) is 5.43. The first-order chi connectivity index (χ1) is 7.93. The Morgan fingerprint density at radius 2 is 1.94 bits per heavy atom. The molecule has 3 N–H and O–H groups in total. The SMILES string of the molecule is CCCNC(C)(C(N)=O)c1c(F)cccc1F. The summed E-state index contributed by atoms with van der Waals surface area (Å²) in [5, 5.41) is 2.79. The second kappa shape index (κ2) is 5.23. The highest BCUT2D eigenvalue weighted by Gasteiger charge is 2.37. The third-order valence-electron chi connectivity index (χ3n) is 2.68. The van der Waals surface area contributed by atoms with Crippen molar-refractivity contribution >= 4 is 5.91 Å². The van der Waals surface area contributed by atoms with E-state index in [4.69, 9.17) is 5.73 Å². The molecule has 0 radical (unpaired) electrons. The summed E-state index contributed by atoms with van der Waals surface area (Å²) in [4.78, 5) is 11.5. The van der Waals surface area contributed by atoms with E-state index in [1.54, 1.807) is 0 Å². The van der Waals surface area contributed by atoms with Crippen molar-refractivity contribution in [1.82, 2.24) is 5.32 Å². The number of halogens is 2. The highest BCUT2D eigenvalue weighted by molar-refractivity contribution is 5.85. The monoisotopic (exact) mass is 242 g/mol. The number of carbonyl (C=O) groups is 1. The zero-order valence-corrected chi connectivity index (χ0v) is 9.89. The number of nitrogens with two attached hydrogens (primary N) is 1. The van der Waals surface area contributed by atoms with Crippen molar-refractivity contribution in [2.24, 2.45) is 5.73 Å². The fourth-order valence-electron chi connectivity index (χ4n) is 1.65. The van der Waals surface area contributed by atoms with Crippen LogP contribution in [-0.4, -0.2) is 12.5 Å². The molecule has 1 atom stereocenters. The van der Waals surface area contributed by atoms with Crippen molar-refractivity contribution < 1.29 is 13.6 Å². The van der Waals surface area contributed by atoms with Gasteiger partial charge in [0.2, 0.25) is 5.91 Å². The molecule has 5 heteroatoms. The van der Waals surface area contributed by atoms with Gasteiger partial charge in [-0.1, -0.05) is 13.0 Å². The molecule has 1 aromatic carbocycles. The number of rotatable bonds is 5. The average molecular weight is 242 g/mol. The number of hydrogen-bond acceptors (Lipinski definition) is 2. The van der Waals surface area contributed by atoms with Crippen molar-refractivity contribution in [1.29, 1.82) is 0 Å². The number of benzene rings is 1. The molecule has 0 saturated heterocycles. The summed E-state index contributed by atoms with van der Waals surface area (Å²) in [6.45, 7) is 3.70. The first-order valence-electron chi connectivity index (χ1n) is 5.43. The molecule has 1 rings (SSSR count). The fraction of sp³-hybridized carbons (Fsp3) is 0.417. The van der Waals surface area contributed by atoms with Gasteiger partial charge in [0.05, 0.1) is 5.56 Å². The lowest BCUT2D eigenvalue weighted by atomic mass is 9.90. The Balaban J connectivity index is 3.27. The average Bonchev–Trinajstić information content (AvgIpc) is 2.25. The maximum Gasteiger partial charge on any atom is 0.242 e. The number of nitrogens with one attached hydrogen (secondary N) is 1. The van der Waals surface area contributed by atoms with Crippen LogP contribution in [0.5, 0.6) is 0 Å². The van der Waals surface area contributed by atoms with E-state index < -0.39 is 23.1 Å². The van der Waals surface area contributed by atoms with Crippen LogP contribution in [0.4, 0.5) is 8.78 Å². The lowest BCUT2D eigenvalue weighted by Crippen LogP contribution is -2.51. The molecule has 1 unspecified atom stereocenters. The fourth-order valence-corrected chi connectivity index (χ4v) is 1.65. The second-order valence-corrected chi connectivity index (χ2v) is 4.01. The van der Waals surface area contributed by atoms with Gasteiger partial charge in [0.15, 0.2) is 0 Å². The summed E-state index contributed by atoms with van der Waals surface area (Å²) in [6, 6.07) is 3.45. The molecule has 0 aliphatic carbocycles. The zero-order chi connectivity index (χ0) is 13.1. The van der Waals surface area contributed by atoms with Crippen molar-refractivity contribution in [3.63, 3.8) is 0 Å². The Kier molecular flexibility index (Phi) is 4.17. The van der Waals surface area contributed by atoms with Crippen LogP contribution < -0.4 is 11.1 Å². The molecule has 0 aliphatic heterocycles. The molecule has 0 fully saturated rings. The van der Waals surface area contributed by atoms with E-state index >= 15 is 0 Å². The molecule has 0 saturated carbocycles. The van der Waals surface area contributed by atoms with Gasteiger partial charge in [-0.25, -0.2) is 8.78 Å². The Hall–Kier alpha value is -1.49. The van der Waals surface area contributed by atoms with E-state index in [1.807, 2.05) is 6.92 Å². The second-order valence-electron chi connectivity index (χ2n) is 4.01. The molecule has 1 amide bonds. The van der Waals surface area contributed by atoms with Crippen molar-refractivity contribution in [3.05, 3.63) is 35.4 Å². The number of carbonyl (C=O) groups excluding carboxylic acids is 1. The molecule has 0 aromatic heterocycles. The number of primary amides is 1. The summed E-state index contributed by atoms with van der Waals surface area (Å²) in [5.41, 5.74) is 3.38. The quantitative estimate of drug-likeness (QED) is 0.825. The van der Waals surface area contributed by atoms with Crippen molar-refractivity contribution in [2.75, 3.05) is 6.54 Å². The van der Waals surface area contributed by atoms with Gasteiger partial charge in [-0.05, 0) is 32.0 Å². The maximum absolute atomic E-state index is 13.6. The number of hydrogen-bond donors (Lipinski definition) is 2. The molecule has 1 aromatic rings. The standard InChI is InChI=1S/C12H16F2N2O/c1-3-7-16-12(2,11(15)17)10-8(13)5-4-6-9(10)14/h4-6,16H,3,7H2,1-2H3,(H2,15,17). The van der Waals surface area contributed by atoms with Gasteiger partial charge in [-0.2, -0.15) is 0 Å². The summed E-state index contributed by atoms with van der Waals surface area (Å²) in [5.74, 6) is -2.38. The van der Waals surface area contributed by atoms with E-state index in [9.17, 15) is 13.6 Å². The predicted octanol–water partition coefficient (Wildman–Crippen LogP) is 1.66. The van der Waals surface area contributed by atoms with Gasteiger partial charge in [-0.3, -0.25) is 10.1 Å². The minimum absolute atomic E-state index is 0.332.